The highest BCUT2D eigenvalue weighted by Gasteiger charge is 2.40. The number of ether oxygens (including phenoxy) is 4. The van der Waals surface area contributed by atoms with E-state index in [2.05, 4.69) is 13.8 Å². The summed E-state index contributed by atoms with van der Waals surface area (Å²) < 4.78 is 21.7. The number of hydrogen-bond acceptors (Lipinski definition) is 5. The van der Waals surface area contributed by atoms with E-state index in [9.17, 15) is 0 Å². The largest absolute Gasteiger partial charge is 0.382 e. The molecular weight excluding hydrogens is 234 g/mol. The molecule has 1 rings (SSSR count). The van der Waals surface area contributed by atoms with Crippen molar-refractivity contribution in [2.24, 2.45) is 5.73 Å². The van der Waals surface area contributed by atoms with Crippen molar-refractivity contribution in [2.75, 3.05) is 34.0 Å². The molecule has 3 atom stereocenters. The predicted molar refractivity (Wildman–Crippen MR) is 69.7 cm³/mol. The molecule has 0 radical (unpaired) electrons. The standard InChI is InChI=1S/C13H27NO4/c1-13(2,16-4)5-6-17-11-9-10(14)12(11)18-8-7-15-3/h10-12H,5-9,14H2,1-4H3. The first-order valence-corrected chi connectivity index (χ1v) is 6.53. The molecule has 0 bridgehead atoms. The third kappa shape index (κ3) is 4.82. The van der Waals surface area contributed by atoms with E-state index in [1.54, 1.807) is 14.2 Å². The summed E-state index contributed by atoms with van der Waals surface area (Å²) in [6, 6.07) is 0.0855. The molecule has 0 saturated heterocycles. The SMILES string of the molecule is COCCOC1C(N)CC1OCCC(C)(C)OC. The highest BCUT2D eigenvalue weighted by molar-refractivity contribution is 4.95. The van der Waals surface area contributed by atoms with E-state index in [-0.39, 0.29) is 23.9 Å². The Morgan fingerprint density at radius 3 is 2.39 bits per heavy atom. The van der Waals surface area contributed by atoms with Gasteiger partial charge in [0.05, 0.1) is 31.0 Å². The lowest BCUT2D eigenvalue weighted by Gasteiger charge is -2.42. The van der Waals surface area contributed by atoms with Crippen LogP contribution in [0.1, 0.15) is 26.7 Å². The van der Waals surface area contributed by atoms with Crippen LogP contribution in [-0.4, -0.2) is 57.9 Å². The second-order valence-corrected chi connectivity index (χ2v) is 5.35. The highest BCUT2D eigenvalue weighted by atomic mass is 16.6. The van der Waals surface area contributed by atoms with Crippen LogP contribution in [0.25, 0.3) is 0 Å². The molecule has 0 amide bonds. The number of nitrogens with two attached hydrogens (primary N) is 1. The van der Waals surface area contributed by atoms with E-state index in [0.717, 1.165) is 12.8 Å². The fourth-order valence-corrected chi connectivity index (χ4v) is 1.84. The van der Waals surface area contributed by atoms with Crippen molar-refractivity contribution in [1.29, 1.82) is 0 Å². The molecule has 5 heteroatoms. The first kappa shape index (κ1) is 15.9. The molecule has 5 nitrogen and oxygen atoms in total. The van der Waals surface area contributed by atoms with E-state index in [1.165, 1.54) is 0 Å². The molecule has 2 N–H and O–H groups in total. The molecule has 0 spiro atoms. The van der Waals surface area contributed by atoms with Gasteiger partial charge < -0.3 is 24.7 Å². The van der Waals surface area contributed by atoms with E-state index in [4.69, 9.17) is 24.7 Å². The van der Waals surface area contributed by atoms with Crippen molar-refractivity contribution in [3.05, 3.63) is 0 Å². The van der Waals surface area contributed by atoms with Gasteiger partial charge in [-0.05, 0) is 26.7 Å². The molecule has 0 aromatic carbocycles. The Morgan fingerprint density at radius 2 is 1.83 bits per heavy atom. The molecular formula is C13H27NO4. The van der Waals surface area contributed by atoms with E-state index in [1.807, 2.05) is 0 Å². The molecule has 0 aliphatic heterocycles. The lowest BCUT2D eigenvalue weighted by molar-refractivity contribution is -0.150. The summed E-state index contributed by atoms with van der Waals surface area (Å²) in [5.74, 6) is 0. The maximum atomic E-state index is 5.91. The molecule has 1 fully saturated rings. The van der Waals surface area contributed by atoms with Gasteiger partial charge in [0.1, 0.15) is 0 Å². The minimum absolute atomic E-state index is 0.00538. The summed E-state index contributed by atoms with van der Waals surface area (Å²) in [7, 11) is 3.38. The molecule has 0 heterocycles. The Labute approximate surface area is 110 Å². The van der Waals surface area contributed by atoms with Crippen LogP contribution in [0.4, 0.5) is 0 Å². The summed E-state index contributed by atoms with van der Waals surface area (Å²) in [5, 5.41) is 0. The van der Waals surface area contributed by atoms with Crippen molar-refractivity contribution in [2.45, 2.75) is 50.5 Å². The van der Waals surface area contributed by atoms with E-state index in [0.29, 0.717) is 19.8 Å². The van der Waals surface area contributed by atoms with Crippen LogP contribution in [0.5, 0.6) is 0 Å². The third-order valence-corrected chi connectivity index (χ3v) is 3.48. The van der Waals surface area contributed by atoms with Gasteiger partial charge in [0.25, 0.3) is 0 Å². The number of hydrogen-bond donors (Lipinski definition) is 1. The van der Waals surface area contributed by atoms with Gasteiger partial charge >= 0.3 is 0 Å². The Kier molecular flexibility index (Phi) is 6.52. The van der Waals surface area contributed by atoms with Gasteiger partial charge in [-0.2, -0.15) is 0 Å². The maximum Gasteiger partial charge on any atom is 0.0989 e. The van der Waals surface area contributed by atoms with Crippen LogP contribution >= 0.6 is 0 Å². The minimum atomic E-state index is -0.141. The van der Waals surface area contributed by atoms with Crippen molar-refractivity contribution < 1.29 is 18.9 Å². The summed E-state index contributed by atoms with van der Waals surface area (Å²) in [5.41, 5.74) is 5.77. The Morgan fingerprint density at radius 1 is 1.11 bits per heavy atom. The highest BCUT2D eigenvalue weighted by Crippen LogP contribution is 2.26. The lowest BCUT2D eigenvalue weighted by Crippen LogP contribution is -2.58. The Hall–Kier alpha value is -0.200. The molecule has 1 aliphatic carbocycles. The molecule has 0 aromatic rings. The second-order valence-electron chi connectivity index (χ2n) is 5.35. The van der Waals surface area contributed by atoms with Crippen LogP contribution in [0.15, 0.2) is 0 Å². The smallest absolute Gasteiger partial charge is 0.0989 e. The van der Waals surface area contributed by atoms with Crippen molar-refractivity contribution in [1.82, 2.24) is 0 Å². The molecule has 1 saturated carbocycles. The van der Waals surface area contributed by atoms with Gasteiger partial charge in [0.2, 0.25) is 0 Å². The van der Waals surface area contributed by atoms with Gasteiger partial charge in [-0.1, -0.05) is 0 Å². The average molecular weight is 261 g/mol. The zero-order chi connectivity index (χ0) is 13.6. The first-order valence-electron chi connectivity index (χ1n) is 6.53. The monoisotopic (exact) mass is 261 g/mol. The third-order valence-electron chi connectivity index (χ3n) is 3.48. The summed E-state index contributed by atoms with van der Waals surface area (Å²) in [6.45, 7) is 5.93. The quantitative estimate of drug-likeness (QED) is 0.626. The summed E-state index contributed by atoms with van der Waals surface area (Å²) >= 11 is 0. The van der Waals surface area contributed by atoms with Gasteiger partial charge in [0, 0.05) is 26.9 Å². The van der Waals surface area contributed by atoms with Crippen molar-refractivity contribution in [3.63, 3.8) is 0 Å². The van der Waals surface area contributed by atoms with Crippen molar-refractivity contribution >= 4 is 0 Å². The molecule has 18 heavy (non-hydrogen) atoms. The average Bonchev–Trinajstić information content (AvgIpc) is 2.33. The topological polar surface area (TPSA) is 62.9 Å². The molecule has 1 aliphatic rings. The first-order chi connectivity index (χ1) is 8.50. The second kappa shape index (κ2) is 7.40. The van der Waals surface area contributed by atoms with Crippen LogP contribution < -0.4 is 5.73 Å². The van der Waals surface area contributed by atoms with Gasteiger partial charge in [0.15, 0.2) is 0 Å². The van der Waals surface area contributed by atoms with Gasteiger partial charge in [-0.3, -0.25) is 0 Å². The van der Waals surface area contributed by atoms with Crippen LogP contribution in [0.2, 0.25) is 0 Å². The summed E-state index contributed by atoms with van der Waals surface area (Å²) in [6.07, 6.45) is 1.85. The normalized spacial score (nSPS) is 28.2. The lowest BCUT2D eigenvalue weighted by atomic mass is 9.86. The summed E-state index contributed by atoms with van der Waals surface area (Å²) in [4.78, 5) is 0. The van der Waals surface area contributed by atoms with Crippen LogP contribution in [-0.2, 0) is 18.9 Å². The molecule has 3 unspecified atom stereocenters. The maximum absolute atomic E-state index is 5.91. The zero-order valence-corrected chi connectivity index (χ0v) is 12.0. The molecule has 108 valence electrons. The van der Waals surface area contributed by atoms with E-state index >= 15 is 0 Å². The fourth-order valence-electron chi connectivity index (χ4n) is 1.84. The minimum Gasteiger partial charge on any atom is -0.382 e. The van der Waals surface area contributed by atoms with Crippen LogP contribution in [0.3, 0.4) is 0 Å². The Bertz CT molecular complexity index is 235. The van der Waals surface area contributed by atoms with Gasteiger partial charge in [-0.25, -0.2) is 0 Å². The fraction of sp³-hybridized carbons (Fsp3) is 1.00. The molecule has 0 aromatic heterocycles. The number of methoxy groups -OCH3 is 2. The predicted octanol–water partition coefficient (Wildman–Crippen LogP) is 0.949. The number of rotatable bonds is 9. The Balaban J connectivity index is 2.18. The van der Waals surface area contributed by atoms with E-state index < -0.39 is 0 Å². The van der Waals surface area contributed by atoms with Crippen LogP contribution in [0, 0.1) is 0 Å². The van der Waals surface area contributed by atoms with Gasteiger partial charge in [-0.15, -0.1) is 0 Å². The zero-order valence-electron chi connectivity index (χ0n) is 12.0. The van der Waals surface area contributed by atoms with Crippen molar-refractivity contribution in [3.8, 4) is 0 Å².